The Hall–Kier alpha value is -1.78. The molecule has 104 valence electrons. The van der Waals surface area contributed by atoms with Gasteiger partial charge in [0.25, 0.3) is 0 Å². The second kappa shape index (κ2) is 6.11. The van der Waals surface area contributed by atoms with Crippen molar-refractivity contribution in [2.45, 2.75) is 6.54 Å². The molecule has 0 aliphatic carbocycles. The topological polar surface area (TPSA) is 48.3 Å². The number of ether oxygens (including phenoxy) is 1. The number of aromatic nitrogens is 1. The molecule has 1 aromatic carbocycles. The first-order chi connectivity index (χ1) is 9.62. The third kappa shape index (κ3) is 2.57. The standard InChI is InChI=1S/C14H11Cl2NO3/c1-20-10-4-2-9(3-5-10)6-17-12(8-19)13(15)11(7-18)14(17)16/h2-5,7-8H,6H2,1H3. The number of benzene rings is 1. The number of hydrogen-bond acceptors (Lipinski definition) is 3. The molecule has 0 bridgehead atoms. The molecule has 0 saturated heterocycles. The second-order valence-electron chi connectivity index (χ2n) is 4.07. The molecular formula is C14H11Cl2NO3. The summed E-state index contributed by atoms with van der Waals surface area (Å²) in [5.74, 6) is 0.731. The first-order valence-corrected chi connectivity index (χ1v) is 6.48. The van der Waals surface area contributed by atoms with Gasteiger partial charge in [-0.15, -0.1) is 0 Å². The second-order valence-corrected chi connectivity index (χ2v) is 4.81. The number of carbonyl (C=O) groups is 2. The first kappa shape index (κ1) is 14.6. The van der Waals surface area contributed by atoms with E-state index in [1.165, 1.54) is 4.57 Å². The minimum Gasteiger partial charge on any atom is -0.497 e. The van der Waals surface area contributed by atoms with Gasteiger partial charge in [-0.2, -0.15) is 0 Å². The molecule has 0 amide bonds. The third-order valence-corrected chi connectivity index (χ3v) is 3.75. The lowest BCUT2D eigenvalue weighted by Gasteiger charge is -2.08. The number of halogens is 2. The van der Waals surface area contributed by atoms with E-state index in [0.717, 1.165) is 11.3 Å². The van der Waals surface area contributed by atoms with E-state index in [0.29, 0.717) is 19.1 Å². The van der Waals surface area contributed by atoms with Crippen molar-refractivity contribution in [1.29, 1.82) is 0 Å². The van der Waals surface area contributed by atoms with E-state index in [1.807, 2.05) is 12.1 Å². The van der Waals surface area contributed by atoms with Gasteiger partial charge in [0, 0.05) is 6.54 Å². The lowest BCUT2D eigenvalue weighted by molar-refractivity contribution is 0.111. The molecule has 0 saturated carbocycles. The van der Waals surface area contributed by atoms with Crippen molar-refractivity contribution >= 4 is 35.8 Å². The minimum absolute atomic E-state index is 0.0773. The van der Waals surface area contributed by atoms with Gasteiger partial charge in [0.2, 0.25) is 0 Å². The molecule has 0 spiro atoms. The molecule has 4 nitrogen and oxygen atoms in total. The van der Waals surface area contributed by atoms with E-state index in [4.69, 9.17) is 27.9 Å². The van der Waals surface area contributed by atoms with Crippen LogP contribution in [0.2, 0.25) is 10.2 Å². The minimum atomic E-state index is 0.0773. The van der Waals surface area contributed by atoms with Gasteiger partial charge in [-0.3, -0.25) is 9.59 Å². The van der Waals surface area contributed by atoms with Crippen LogP contribution in [0.15, 0.2) is 24.3 Å². The van der Waals surface area contributed by atoms with E-state index >= 15 is 0 Å². The first-order valence-electron chi connectivity index (χ1n) is 5.73. The van der Waals surface area contributed by atoms with Crippen molar-refractivity contribution in [2.24, 2.45) is 0 Å². The quantitative estimate of drug-likeness (QED) is 0.794. The van der Waals surface area contributed by atoms with Crippen LogP contribution in [-0.4, -0.2) is 24.2 Å². The van der Waals surface area contributed by atoms with Crippen molar-refractivity contribution in [3.63, 3.8) is 0 Å². The molecule has 0 aliphatic rings. The maximum atomic E-state index is 11.1. The summed E-state index contributed by atoms with van der Waals surface area (Å²) in [6, 6.07) is 7.29. The summed E-state index contributed by atoms with van der Waals surface area (Å²) in [5, 5.41) is 0.233. The Morgan fingerprint density at radius 1 is 1.15 bits per heavy atom. The number of rotatable bonds is 5. The fourth-order valence-electron chi connectivity index (χ4n) is 1.88. The normalized spacial score (nSPS) is 10.3. The van der Waals surface area contributed by atoms with Crippen LogP contribution in [-0.2, 0) is 6.54 Å². The summed E-state index contributed by atoms with van der Waals surface area (Å²) in [7, 11) is 1.58. The Kier molecular flexibility index (Phi) is 4.47. The largest absolute Gasteiger partial charge is 0.497 e. The molecular weight excluding hydrogens is 301 g/mol. The zero-order valence-corrected chi connectivity index (χ0v) is 12.1. The SMILES string of the molecule is COc1ccc(Cn2c(Cl)c(C=O)c(Cl)c2C=O)cc1. The molecule has 0 radical (unpaired) electrons. The van der Waals surface area contributed by atoms with Crippen molar-refractivity contribution in [3.05, 3.63) is 51.3 Å². The zero-order valence-electron chi connectivity index (χ0n) is 10.6. The monoisotopic (exact) mass is 311 g/mol. The smallest absolute Gasteiger partial charge is 0.168 e. The molecule has 0 fully saturated rings. The predicted octanol–water partition coefficient (Wildman–Crippen LogP) is 3.48. The lowest BCUT2D eigenvalue weighted by atomic mass is 10.2. The zero-order chi connectivity index (χ0) is 14.7. The van der Waals surface area contributed by atoms with Crippen molar-refractivity contribution in [2.75, 3.05) is 7.11 Å². The highest BCUT2D eigenvalue weighted by molar-refractivity contribution is 6.40. The molecule has 2 aromatic rings. The fourth-order valence-corrected chi connectivity index (χ4v) is 2.50. The summed E-state index contributed by atoms with van der Waals surface area (Å²) in [6.45, 7) is 0.338. The Morgan fingerprint density at radius 2 is 1.80 bits per heavy atom. The van der Waals surface area contributed by atoms with E-state index in [2.05, 4.69) is 0 Å². The molecule has 0 aliphatic heterocycles. The Labute approximate surface area is 125 Å². The highest BCUT2D eigenvalue weighted by Crippen LogP contribution is 2.30. The summed E-state index contributed by atoms with van der Waals surface area (Å²) in [6.07, 6.45) is 1.13. The number of aldehydes is 2. The number of hydrogen-bond donors (Lipinski definition) is 0. The Morgan fingerprint density at radius 3 is 2.30 bits per heavy atom. The van der Waals surface area contributed by atoms with Gasteiger partial charge in [0.05, 0.1) is 17.7 Å². The molecule has 2 rings (SSSR count). The number of methoxy groups -OCH3 is 1. The van der Waals surface area contributed by atoms with Gasteiger partial charge in [0.1, 0.15) is 16.6 Å². The Bertz CT molecular complexity index is 647. The van der Waals surface area contributed by atoms with Crippen LogP contribution >= 0.6 is 23.2 Å². The van der Waals surface area contributed by atoms with Crippen LogP contribution in [0.5, 0.6) is 5.75 Å². The van der Waals surface area contributed by atoms with Gasteiger partial charge in [-0.05, 0) is 17.7 Å². The highest BCUT2D eigenvalue weighted by atomic mass is 35.5. The average molecular weight is 312 g/mol. The molecule has 0 atom stereocenters. The summed E-state index contributed by atoms with van der Waals surface area (Å²) in [4.78, 5) is 22.1. The van der Waals surface area contributed by atoms with Crippen LogP contribution < -0.4 is 4.74 Å². The Balaban J connectivity index is 2.41. The maximum Gasteiger partial charge on any atom is 0.168 e. The van der Waals surface area contributed by atoms with Crippen LogP contribution in [0.25, 0.3) is 0 Å². The average Bonchev–Trinajstić information content (AvgIpc) is 2.70. The van der Waals surface area contributed by atoms with E-state index in [9.17, 15) is 9.59 Å². The van der Waals surface area contributed by atoms with Gasteiger partial charge < -0.3 is 9.30 Å². The van der Waals surface area contributed by atoms with E-state index < -0.39 is 0 Å². The van der Waals surface area contributed by atoms with Crippen LogP contribution in [0.1, 0.15) is 26.4 Å². The molecule has 0 unspecified atom stereocenters. The van der Waals surface area contributed by atoms with Gasteiger partial charge in [-0.25, -0.2) is 0 Å². The van der Waals surface area contributed by atoms with Gasteiger partial charge in [-0.1, -0.05) is 35.3 Å². The van der Waals surface area contributed by atoms with Crippen LogP contribution in [0, 0.1) is 0 Å². The molecule has 20 heavy (non-hydrogen) atoms. The van der Waals surface area contributed by atoms with Crippen molar-refractivity contribution in [1.82, 2.24) is 4.57 Å². The lowest BCUT2D eigenvalue weighted by Crippen LogP contribution is -2.04. The molecule has 0 N–H and O–H groups in total. The highest BCUT2D eigenvalue weighted by Gasteiger charge is 2.19. The van der Waals surface area contributed by atoms with Gasteiger partial charge in [0.15, 0.2) is 12.6 Å². The van der Waals surface area contributed by atoms with Crippen molar-refractivity contribution in [3.8, 4) is 5.75 Å². The van der Waals surface area contributed by atoms with Crippen LogP contribution in [0.3, 0.4) is 0 Å². The predicted molar refractivity (Wildman–Crippen MR) is 77.3 cm³/mol. The molecule has 1 aromatic heterocycles. The summed E-state index contributed by atoms with van der Waals surface area (Å²) in [5.41, 5.74) is 1.22. The van der Waals surface area contributed by atoms with Crippen LogP contribution in [0.4, 0.5) is 0 Å². The van der Waals surface area contributed by atoms with Crippen molar-refractivity contribution < 1.29 is 14.3 Å². The third-order valence-electron chi connectivity index (χ3n) is 2.94. The molecule has 6 heteroatoms. The van der Waals surface area contributed by atoms with Gasteiger partial charge >= 0.3 is 0 Å². The fraction of sp³-hybridized carbons (Fsp3) is 0.143. The summed E-state index contributed by atoms with van der Waals surface area (Å²) < 4.78 is 6.57. The maximum absolute atomic E-state index is 11.1. The van der Waals surface area contributed by atoms with E-state index in [1.54, 1.807) is 19.2 Å². The number of carbonyl (C=O) groups excluding carboxylic acids is 2. The number of nitrogens with zero attached hydrogens (tertiary/aromatic N) is 1. The molecule has 1 heterocycles. The van der Waals surface area contributed by atoms with E-state index in [-0.39, 0.29) is 21.4 Å². The summed E-state index contributed by atoms with van der Waals surface area (Å²) >= 11 is 12.0.